The maximum absolute atomic E-state index is 12.7. The van der Waals surface area contributed by atoms with Gasteiger partial charge in [0, 0.05) is 31.9 Å². The summed E-state index contributed by atoms with van der Waals surface area (Å²) in [6.07, 6.45) is 0.770. The first-order valence-corrected chi connectivity index (χ1v) is 9.02. The first-order valence-electron chi connectivity index (χ1n) is 9.02. The van der Waals surface area contributed by atoms with Crippen LogP contribution in [0, 0.1) is 0 Å². The van der Waals surface area contributed by atoms with Crippen molar-refractivity contribution in [2.75, 3.05) is 23.3 Å². The molecule has 0 aliphatic carbocycles. The monoisotopic (exact) mass is 388 g/mol. The molecule has 0 saturated carbocycles. The Bertz CT molecular complexity index is 929. The van der Waals surface area contributed by atoms with E-state index in [-0.39, 0.29) is 0 Å². The van der Waals surface area contributed by atoms with E-state index in [2.05, 4.69) is 25.3 Å². The molecule has 0 amide bonds. The molecule has 2 aromatic heterocycles. The van der Waals surface area contributed by atoms with E-state index in [0.717, 1.165) is 36.4 Å². The van der Waals surface area contributed by atoms with Crippen LogP contribution in [-0.4, -0.2) is 32.8 Å². The van der Waals surface area contributed by atoms with Crippen molar-refractivity contribution in [1.82, 2.24) is 19.7 Å². The highest BCUT2D eigenvalue weighted by Crippen LogP contribution is 2.28. The van der Waals surface area contributed by atoms with Crippen LogP contribution in [0.4, 0.5) is 24.8 Å². The van der Waals surface area contributed by atoms with Crippen LogP contribution in [0.3, 0.4) is 0 Å². The Kier molecular flexibility index (Phi) is 4.89. The van der Waals surface area contributed by atoms with Crippen molar-refractivity contribution < 1.29 is 13.2 Å². The zero-order valence-corrected chi connectivity index (χ0v) is 15.0. The fourth-order valence-electron chi connectivity index (χ4n) is 3.14. The minimum absolute atomic E-state index is 0.545. The maximum atomic E-state index is 12.7. The van der Waals surface area contributed by atoms with Gasteiger partial charge in [0.15, 0.2) is 5.69 Å². The average molecular weight is 388 g/mol. The van der Waals surface area contributed by atoms with Crippen LogP contribution in [-0.2, 0) is 12.7 Å². The first-order chi connectivity index (χ1) is 13.5. The van der Waals surface area contributed by atoms with E-state index in [1.54, 1.807) is 18.5 Å². The summed E-state index contributed by atoms with van der Waals surface area (Å²) in [6, 6.07) is 10.1. The normalized spacial score (nSPS) is 14.5. The lowest BCUT2D eigenvalue weighted by atomic mass is 10.2. The number of hydrogen-bond acceptors (Lipinski definition) is 5. The third-order valence-electron chi connectivity index (χ3n) is 4.64. The van der Waals surface area contributed by atoms with E-state index in [1.165, 1.54) is 23.7 Å². The van der Waals surface area contributed by atoms with Crippen LogP contribution >= 0.6 is 0 Å². The highest BCUT2D eigenvalue weighted by atomic mass is 19.4. The van der Waals surface area contributed by atoms with Gasteiger partial charge < -0.3 is 10.2 Å². The van der Waals surface area contributed by atoms with Gasteiger partial charge in [-0.25, -0.2) is 14.6 Å². The van der Waals surface area contributed by atoms with E-state index < -0.39 is 11.9 Å². The first kappa shape index (κ1) is 18.3. The molecule has 4 rings (SSSR count). The van der Waals surface area contributed by atoms with Crippen molar-refractivity contribution in [2.24, 2.45) is 0 Å². The van der Waals surface area contributed by atoms with Gasteiger partial charge in [-0.15, -0.1) is 0 Å². The Labute approximate surface area is 160 Å². The van der Waals surface area contributed by atoms with Gasteiger partial charge >= 0.3 is 6.18 Å². The Morgan fingerprint density at radius 1 is 1.00 bits per heavy atom. The third-order valence-corrected chi connectivity index (χ3v) is 4.64. The number of benzene rings is 1. The highest BCUT2D eigenvalue weighted by Gasteiger charge is 2.33. The molecule has 1 aliphatic rings. The van der Waals surface area contributed by atoms with Gasteiger partial charge in [-0.05, 0) is 36.6 Å². The number of hydrogen-bond donors (Lipinski definition) is 1. The lowest BCUT2D eigenvalue weighted by Crippen LogP contribution is -2.19. The van der Waals surface area contributed by atoms with Gasteiger partial charge in [0.2, 0.25) is 0 Å². The summed E-state index contributed by atoms with van der Waals surface area (Å²) in [6.45, 7) is 2.58. The van der Waals surface area contributed by atoms with E-state index >= 15 is 0 Å². The van der Waals surface area contributed by atoms with Crippen molar-refractivity contribution in [3.05, 3.63) is 60.2 Å². The number of anilines is 2. The minimum atomic E-state index is -4.44. The van der Waals surface area contributed by atoms with Crippen LogP contribution in [0.25, 0.3) is 5.69 Å². The quantitative estimate of drug-likeness (QED) is 0.719. The highest BCUT2D eigenvalue weighted by molar-refractivity contribution is 5.49. The lowest BCUT2D eigenvalue weighted by molar-refractivity contribution is -0.141. The zero-order chi connectivity index (χ0) is 19.6. The number of nitrogens with one attached hydrogen (secondary N) is 1. The fourth-order valence-corrected chi connectivity index (χ4v) is 3.14. The van der Waals surface area contributed by atoms with Crippen molar-refractivity contribution >= 4 is 11.6 Å². The van der Waals surface area contributed by atoms with Gasteiger partial charge in [-0.2, -0.15) is 18.3 Å². The summed E-state index contributed by atoms with van der Waals surface area (Å²) in [5.74, 6) is 1.66. The summed E-state index contributed by atoms with van der Waals surface area (Å²) < 4.78 is 39.2. The van der Waals surface area contributed by atoms with E-state index in [1.807, 2.05) is 18.2 Å². The van der Waals surface area contributed by atoms with Crippen LogP contribution in [0.5, 0.6) is 0 Å². The fraction of sp³-hybridized carbons (Fsp3) is 0.316. The molecular formula is C19H19F3N6. The molecule has 0 atom stereocenters. The number of halogens is 3. The Balaban J connectivity index is 1.40. The Morgan fingerprint density at radius 3 is 2.43 bits per heavy atom. The number of nitrogens with zero attached hydrogens (tertiary/aromatic N) is 5. The molecule has 9 heteroatoms. The summed E-state index contributed by atoms with van der Waals surface area (Å²) >= 11 is 0. The molecule has 1 fully saturated rings. The topological polar surface area (TPSA) is 58.9 Å². The molecular weight excluding hydrogens is 369 g/mol. The van der Waals surface area contributed by atoms with Crippen molar-refractivity contribution in [3.63, 3.8) is 0 Å². The standard InChI is InChI=1S/C19H19F3N6/c20-19(21,22)16-7-10-28(26-16)15-5-3-14(4-6-15)12-23-17-11-18(25-13-24-17)27-8-1-2-9-27/h3-7,10-11,13H,1-2,8-9,12H2,(H,23,24,25). The van der Waals surface area contributed by atoms with Gasteiger partial charge in [-0.3, -0.25) is 0 Å². The van der Waals surface area contributed by atoms with Crippen LogP contribution in [0.2, 0.25) is 0 Å². The smallest absolute Gasteiger partial charge is 0.366 e. The summed E-state index contributed by atoms with van der Waals surface area (Å²) in [4.78, 5) is 10.8. The molecule has 0 radical (unpaired) electrons. The summed E-state index contributed by atoms with van der Waals surface area (Å²) in [7, 11) is 0. The number of rotatable bonds is 5. The molecule has 1 aromatic carbocycles. The van der Waals surface area contributed by atoms with Gasteiger partial charge in [0.1, 0.15) is 18.0 Å². The molecule has 3 aromatic rings. The van der Waals surface area contributed by atoms with Crippen molar-refractivity contribution in [2.45, 2.75) is 25.6 Å². The second-order valence-corrected chi connectivity index (χ2v) is 6.62. The summed E-state index contributed by atoms with van der Waals surface area (Å²) in [5, 5.41) is 6.84. The largest absolute Gasteiger partial charge is 0.435 e. The summed E-state index contributed by atoms with van der Waals surface area (Å²) in [5.41, 5.74) is 0.640. The molecule has 6 nitrogen and oxygen atoms in total. The van der Waals surface area contributed by atoms with Crippen LogP contribution in [0.1, 0.15) is 24.1 Å². The van der Waals surface area contributed by atoms with Gasteiger partial charge in [0.25, 0.3) is 0 Å². The Hall–Kier alpha value is -3.10. The molecule has 28 heavy (non-hydrogen) atoms. The van der Waals surface area contributed by atoms with E-state index in [4.69, 9.17) is 0 Å². The second kappa shape index (κ2) is 7.49. The molecule has 1 N–H and O–H groups in total. The van der Waals surface area contributed by atoms with E-state index in [9.17, 15) is 13.2 Å². The average Bonchev–Trinajstić information content (AvgIpc) is 3.39. The van der Waals surface area contributed by atoms with Gasteiger partial charge in [-0.1, -0.05) is 12.1 Å². The molecule has 146 valence electrons. The lowest BCUT2D eigenvalue weighted by Gasteiger charge is -2.16. The SMILES string of the molecule is FC(F)(F)c1ccn(-c2ccc(CNc3cc(N4CCCC4)ncn3)cc2)n1. The molecule has 1 saturated heterocycles. The minimum Gasteiger partial charge on any atom is -0.366 e. The van der Waals surface area contributed by atoms with Crippen LogP contribution < -0.4 is 10.2 Å². The molecule has 1 aliphatic heterocycles. The number of alkyl halides is 3. The van der Waals surface area contributed by atoms with E-state index in [0.29, 0.717) is 12.2 Å². The van der Waals surface area contributed by atoms with Crippen molar-refractivity contribution in [1.29, 1.82) is 0 Å². The molecule has 0 spiro atoms. The molecule has 0 unspecified atom stereocenters. The van der Waals surface area contributed by atoms with Crippen LogP contribution in [0.15, 0.2) is 48.9 Å². The van der Waals surface area contributed by atoms with Gasteiger partial charge in [0.05, 0.1) is 5.69 Å². The Morgan fingerprint density at radius 2 is 1.75 bits per heavy atom. The predicted molar refractivity (Wildman–Crippen MR) is 99.4 cm³/mol. The molecule has 0 bridgehead atoms. The second-order valence-electron chi connectivity index (χ2n) is 6.62. The third kappa shape index (κ3) is 4.08. The maximum Gasteiger partial charge on any atom is 0.435 e. The van der Waals surface area contributed by atoms with Crippen molar-refractivity contribution in [3.8, 4) is 5.69 Å². The predicted octanol–water partition coefficient (Wildman–Crippen LogP) is 3.89. The number of aromatic nitrogens is 4. The zero-order valence-electron chi connectivity index (χ0n) is 15.0. The molecule has 3 heterocycles.